The lowest BCUT2D eigenvalue weighted by molar-refractivity contribution is -0.145. The average Bonchev–Trinajstić information content (AvgIpc) is 3.01. The number of aliphatic imine (C=N–C) groups is 1. The van der Waals surface area contributed by atoms with Gasteiger partial charge in [0.25, 0.3) is 0 Å². The van der Waals surface area contributed by atoms with Gasteiger partial charge in [-0.2, -0.15) is 0 Å². The van der Waals surface area contributed by atoms with Gasteiger partial charge in [-0.15, -0.1) is 24.0 Å². The van der Waals surface area contributed by atoms with Crippen molar-refractivity contribution >= 4 is 35.9 Å². The van der Waals surface area contributed by atoms with Crippen LogP contribution in [-0.4, -0.2) is 50.2 Å². The first-order chi connectivity index (χ1) is 12.1. The minimum atomic E-state index is -0.146. The number of ether oxygens (including phenoxy) is 2. The van der Waals surface area contributed by atoms with Gasteiger partial charge >= 0.3 is 5.97 Å². The predicted molar refractivity (Wildman–Crippen MR) is 114 cm³/mol. The van der Waals surface area contributed by atoms with E-state index in [4.69, 9.17) is 14.5 Å². The molecule has 0 aromatic heterocycles. The second-order valence-corrected chi connectivity index (χ2v) is 6.22. The molecule has 1 aromatic rings. The Balaban J connectivity index is 0.00000338. The van der Waals surface area contributed by atoms with Gasteiger partial charge in [-0.3, -0.25) is 4.79 Å². The van der Waals surface area contributed by atoms with Crippen molar-refractivity contribution in [1.29, 1.82) is 0 Å². The molecule has 1 N–H and O–H groups in total. The number of guanidine groups is 1. The fourth-order valence-electron chi connectivity index (χ4n) is 3.11. The molecule has 1 aliphatic rings. The van der Waals surface area contributed by atoms with Crippen LogP contribution in [0.25, 0.3) is 0 Å². The zero-order chi connectivity index (χ0) is 18.2. The number of carbonyl (C=O) groups is 1. The summed E-state index contributed by atoms with van der Waals surface area (Å²) in [4.78, 5) is 18.8. The van der Waals surface area contributed by atoms with Crippen LogP contribution in [0.4, 0.5) is 0 Å². The van der Waals surface area contributed by atoms with Gasteiger partial charge in [-0.05, 0) is 25.8 Å². The lowest BCUT2D eigenvalue weighted by atomic mass is 9.99. The molecule has 2 atom stereocenters. The lowest BCUT2D eigenvalue weighted by Gasteiger charge is -2.21. The quantitative estimate of drug-likeness (QED) is 0.297. The summed E-state index contributed by atoms with van der Waals surface area (Å²) >= 11 is 0. The number of nitrogens with one attached hydrogen (secondary N) is 1. The van der Waals surface area contributed by atoms with Gasteiger partial charge in [0.1, 0.15) is 5.75 Å². The standard InChI is InChI=1S/C19H29N3O3.HI/c1-5-20-19(22-12-14(3)16(13-22)18(23)24-4)21-11-15-9-7-8-10-17(15)25-6-2;/h7-10,14,16H,5-6,11-13H2,1-4H3,(H,20,21);1H. The largest absolute Gasteiger partial charge is 0.494 e. The monoisotopic (exact) mass is 475 g/mol. The zero-order valence-corrected chi connectivity index (χ0v) is 18.4. The van der Waals surface area contributed by atoms with E-state index in [0.29, 0.717) is 19.7 Å². The number of esters is 1. The van der Waals surface area contributed by atoms with Gasteiger partial charge < -0.3 is 19.7 Å². The van der Waals surface area contributed by atoms with Crippen molar-refractivity contribution in [3.8, 4) is 5.75 Å². The molecule has 2 rings (SSSR count). The van der Waals surface area contributed by atoms with Crippen molar-refractivity contribution in [2.24, 2.45) is 16.8 Å². The molecule has 0 saturated carbocycles. The zero-order valence-electron chi connectivity index (χ0n) is 16.0. The van der Waals surface area contributed by atoms with E-state index >= 15 is 0 Å². The van der Waals surface area contributed by atoms with Crippen LogP contribution in [0.15, 0.2) is 29.3 Å². The van der Waals surface area contributed by atoms with Crippen LogP contribution >= 0.6 is 24.0 Å². The van der Waals surface area contributed by atoms with Crippen LogP contribution in [0.3, 0.4) is 0 Å². The highest BCUT2D eigenvalue weighted by Crippen LogP contribution is 2.24. The first kappa shape index (κ1) is 22.5. The molecule has 0 bridgehead atoms. The van der Waals surface area contributed by atoms with Gasteiger partial charge in [0, 0.05) is 25.2 Å². The summed E-state index contributed by atoms with van der Waals surface area (Å²) in [7, 11) is 1.45. The summed E-state index contributed by atoms with van der Waals surface area (Å²) in [6.07, 6.45) is 0. The molecule has 1 aromatic carbocycles. The maximum atomic E-state index is 11.9. The smallest absolute Gasteiger partial charge is 0.310 e. The number of para-hydroxylation sites is 1. The second kappa shape index (κ2) is 11.3. The van der Waals surface area contributed by atoms with E-state index < -0.39 is 0 Å². The van der Waals surface area contributed by atoms with Crippen LogP contribution in [0, 0.1) is 11.8 Å². The molecule has 1 fully saturated rings. The Hall–Kier alpha value is -1.51. The molecule has 7 heteroatoms. The summed E-state index contributed by atoms with van der Waals surface area (Å²) < 4.78 is 10.6. The van der Waals surface area contributed by atoms with Crippen LogP contribution in [-0.2, 0) is 16.1 Å². The highest BCUT2D eigenvalue weighted by molar-refractivity contribution is 14.0. The normalized spacial score (nSPS) is 19.7. The number of methoxy groups -OCH3 is 1. The molecule has 0 amide bonds. The van der Waals surface area contributed by atoms with E-state index in [1.165, 1.54) is 7.11 Å². The highest BCUT2D eigenvalue weighted by atomic mass is 127. The van der Waals surface area contributed by atoms with Gasteiger partial charge in [0.15, 0.2) is 5.96 Å². The lowest BCUT2D eigenvalue weighted by Crippen LogP contribution is -2.40. The Morgan fingerprint density at radius 1 is 1.31 bits per heavy atom. The Bertz CT molecular complexity index is 609. The first-order valence-electron chi connectivity index (χ1n) is 8.92. The van der Waals surface area contributed by atoms with Crippen LogP contribution in [0.2, 0.25) is 0 Å². The average molecular weight is 475 g/mol. The number of nitrogens with zero attached hydrogens (tertiary/aromatic N) is 2. The minimum Gasteiger partial charge on any atom is -0.494 e. The number of hydrogen-bond acceptors (Lipinski definition) is 4. The molecule has 146 valence electrons. The summed E-state index contributed by atoms with van der Waals surface area (Å²) in [5, 5.41) is 3.33. The van der Waals surface area contributed by atoms with Crippen LogP contribution in [0.1, 0.15) is 26.3 Å². The van der Waals surface area contributed by atoms with Crippen molar-refractivity contribution in [3.63, 3.8) is 0 Å². The van der Waals surface area contributed by atoms with E-state index in [2.05, 4.69) is 17.1 Å². The van der Waals surface area contributed by atoms with Crippen molar-refractivity contribution in [2.75, 3.05) is 33.4 Å². The molecule has 6 nitrogen and oxygen atoms in total. The number of likely N-dealkylation sites (tertiary alicyclic amines) is 1. The first-order valence-corrected chi connectivity index (χ1v) is 8.92. The SMILES string of the molecule is CCNC(=NCc1ccccc1OCC)N1CC(C)C(C(=O)OC)C1.I. The van der Waals surface area contributed by atoms with E-state index in [1.807, 2.05) is 38.1 Å². The molecule has 1 saturated heterocycles. The fourth-order valence-corrected chi connectivity index (χ4v) is 3.11. The topological polar surface area (TPSA) is 63.2 Å². The minimum absolute atomic E-state index is 0. The summed E-state index contributed by atoms with van der Waals surface area (Å²) in [5.41, 5.74) is 1.05. The molecular formula is C19H30IN3O3. The van der Waals surface area contributed by atoms with Gasteiger partial charge in [-0.25, -0.2) is 4.99 Å². The second-order valence-electron chi connectivity index (χ2n) is 6.22. The molecular weight excluding hydrogens is 445 g/mol. The Kier molecular flexibility index (Phi) is 9.75. The summed E-state index contributed by atoms with van der Waals surface area (Å²) in [6, 6.07) is 7.95. The number of hydrogen-bond donors (Lipinski definition) is 1. The van der Waals surface area contributed by atoms with Crippen LogP contribution in [0.5, 0.6) is 5.75 Å². The van der Waals surface area contributed by atoms with E-state index in [9.17, 15) is 4.79 Å². The van der Waals surface area contributed by atoms with E-state index in [1.54, 1.807) is 0 Å². The maximum Gasteiger partial charge on any atom is 0.310 e. The number of rotatable bonds is 6. The number of carbonyl (C=O) groups excluding carboxylic acids is 1. The Labute approximate surface area is 173 Å². The van der Waals surface area contributed by atoms with E-state index in [-0.39, 0.29) is 41.8 Å². The number of halogens is 1. The van der Waals surface area contributed by atoms with Crippen molar-refractivity contribution in [3.05, 3.63) is 29.8 Å². The van der Waals surface area contributed by atoms with Gasteiger partial charge in [0.05, 0.1) is 26.2 Å². The van der Waals surface area contributed by atoms with Gasteiger partial charge in [0.2, 0.25) is 0 Å². The fraction of sp³-hybridized carbons (Fsp3) is 0.579. The third-order valence-electron chi connectivity index (χ3n) is 4.42. The van der Waals surface area contributed by atoms with Crippen molar-refractivity contribution in [2.45, 2.75) is 27.3 Å². The molecule has 2 unspecified atom stereocenters. The predicted octanol–water partition coefficient (Wildman–Crippen LogP) is 2.91. The summed E-state index contributed by atoms with van der Waals surface area (Å²) in [6.45, 7) is 9.46. The number of benzene rings is 1. The molecule has 0 radical (unpaired) electrons. The molecule has 26 heavy (non-hydrogen) atoms. The van der Waals surface area contributed by atoms with Crippen molar-refractivity contribution in [1.82, 2.24) is 10.2 Å². The third kappa shape index (κ3) is 5.75. The third-order valence-corrected chi connectivity index (χ3v) is 4.42. The van der Waals surface area contributed by atoms with E-state index in [0.717, 1.165) is 30.4 Å². The van der Waals surface area contributed by atoms with Crippen LogP contribution < -0.4 is 10.1 Å². The van der Waals surface area contributed by atoms with Gasteiger partial charge in [-0.1, -0.05) is 25.1 Å². The summed E-state index contributed by atoms with van der Waals surface area (Å²) in [5.74, 6) is 1.68. The highest BCUT2D eigenvalue weighted by Gasteiger charge is 2.36. The molecule has 0 spiro atoms. The van der Waals surface area contributed by atoms with Crippen molar-refractivity contribution < 1.29 is 14.3 Å². The maximum absolute atomic E-state index is 11.9. The molecule has 1 aliphatic heterocycles. The molecule has 0 aliphatic carbocycles. The Morgan fingerprint density at radius 3 is 2.69 bits per heavy atom. The molecule has 1 heterocycles. The Morgan fingerprint density at radius 2 is 2.04 bits per heavy atom.